The maximum atomic E-state index is 12.9. The number of carbonyl (C=O) groups is 1. The molecule has 152 valence electrons. The first-order valence-electron chi connectivity index (χ1n) is 9.01. The Kier molecular flexibility index (Phi) is 5.41. The molecule has 1 aromatic heterocycles. The van der Waals surface area contributed by atoms with E-state index in [-0.39, 0.29) is 21.2 Å². The van der Waals surface area contributed by atoms with Crippen molar-refractivity contribution in [3.63, 3.8) is 0 Å². The predicted molar refractivity (Wildman–Crippen MR) is 117 cm³/mol. The minimum atomic E-state index is -3.85. The van der Waals surface area contributed by atoms with Crippen LogP contribution in [-0.4, -0.2) is 31.2 Å². The van der Waals surface area contributed by atoms with Crippen molar-refractivity contribution in [2.24, 2.45) is 0 Å². The second-order valence-electron chi connectivity index (χ2n) is 6.53. The molecule has 0 fully saturated rings. The van der Waals surface area contributed by atoms with Gasteiger partial charge in [0.15, 0.2) is 5.13 Å². The van der Waals surface area contributed by atoms with Gasteiger partial charge in [0.05, 0.1) is 27.4 Å². The summed E-state index contributed by atoms with van der Waals surface area (Å²) in [5, 5.41) is 3.19. The predicted octanol–water partition coefficient (Wildman–Crippen LogP) is 4.32. The molecule has 1 aliphatic heterocycles. The Labute approximate surface area is 176 Å². The van der Waals surface area contributed by atoms with E-state index >= 15 is 0 Å². The number of carbonyl (C=O) groups excluding carboxylic acids is 1. The van der Waals surface area contributed by atoms with Crippen LogP contribution in [0.1, 0.15) is 20.3 Å². The van der Waals surface area contributed by atoms with Crippen molar-refractivity contribution in [1.29, 1.82) is 0 Å². The van der Waals surface area contributed by atoms with Gasteiger partial charge in [-0.2, -0.15) is 0 Å². The monoisotopic (exact) mass is 449 g/mol. The van der Waals surface area contributed by atoms with Gasteiger partial charge in [-0.25, -0.2) is 13.4 Å². The zero-order valence-electron chi connectivity index (χ0n) is 15.8. The van der Waals surface area contributed by atoms with Gasteiger partial charge in [0.2, 0.25) is 5.91 Å². The molecule has 1 aliphatic rings. The third kappa shape index (κ3) is 4.34. The lowest BCUT2D eigenvalue weighted by atomic mass is 10.3. The average Bonchev–Trinajstić information content (AvgIpc) is 2.96. The van der Waals surface area contributed by atoms with Gasteiger partial charge in [-0.05, 0) is 43.3 Å². The molecule has 4 rings (SSSR count). The molecule has 29 heavy (non-hydrogen) atoms. The van der Waals surface area contributed by atoms with Gasteiger partial charge in [0.1, 0.15) is 5.75 Å². The van der Waals surface area contributed by atoms with E-state index in [1.807, 2.05) is 19.9 Å². The normalized spacial score (nSPS) is 16.8. The number of nitrogens with one attached hydrogen (secondary N) is 2. The topological polar surface area (TPSA) is 97.4 Å². The molecule has 0 saturated carbocycles. The van der Waals surface area contributed by atoms with Gasteiger partial charge in [-0.3, -0.25) is 9.52 Å². The first-order valence-corrected chi connectivity index (χ1v) is 12.2. The molecule has 7 nitrogen and oxygen atoms in total. The minimum absolute atomic E-state index is 0.0703. The highest BCUT2D eigenvalue weighted by atomic mass is 32.2. The number of anilines is 2. The quantitative estimate of drug-likeness (QED) is 0.602. The highest BCUT2D eigenvalue weighted by Crippen LogP contribution is 2.37. The molecule has 0 aliphatic carbocycles. The summed E-state index contributed by atoms with van der Waals surface area (Å²) in [7, 11) is -3.85. The molecule has 1 amide bonds. The Morgan fingerprint density at radius 3 is 2.90 bits per heavy atom. The second kappa shape index (κ2) is 7.85. The maximum Gasteiger partial charge on any atom is 0.263 e. The van der Waals surface area contributed by atoms with Crippen molar-refractivity contribution in [3.05, 3.63) is 36.4 Å². The molecular weight excluding hydrogens is 430 g/mol. The van der Waals surface area contributed by atoms with E-state index < -0.39 is 10.0 Å². The highest BCUT2D eigenvalue weighted by molar-refractivity contribution is 8.00. The smallest absolute Gasteiger partial charge is 0.263 e. The Morgan fingerprint density at radius 1 is 1.28 bits per heavy atom. The Bertz CT molecular complexity index is 1190. The van der Waals surface area contributed by atoms with Gasteiger partial charge in [0, 0.05) is 16.6 Å². The summed E-state index contributed by atoms with van der Waals surface area (Å²) < 4.78 is 34.6. The summed E-state index contributed by atoms with van der Waals surface area (Å²) in [6.45, 7) is 4.42. The van der Waals surface area contributed by atoms with Crippen LogP contribution in [0.15, 0.2) is 46.2 Å². The van der Waals surface area contributed by atoms with Gasteiger partial charge in [0.25, 0.3) is 10.0 Å². The molecule has 2 N–H and O–H groups in total. The van der Waals surface area contributed by atoms with Crippen LogP contribution in [0.5, 0.6) is 5.75 Å². The summed E-state index contributed by atoms with van der Waals surface area (Å²) in [6, 6.07) is 10.2. The molecule has 0 saturated heterocycles. The lowest BCUT2D eigenvalue weighted by Crippen LogP contribution is -2.15. The van der Waals surface area contributed by atoms with Crippen LogP contribution in [0.4, 0.5) is 10.8 Å². The van der Waals surface area contributed by atoms with Crippen molar-refractivity contribution in [3.8, 4) is 5.75 Å². The number of thioether (sulfide) groups is 1. The molecular formula is C19H19N3O4S3. The van der Waals surface area contributed by atoms with Gasteiger partial charge < -0.3 is 10.1 Å². The fourth-order valence-electron chi connectivity index (χ4n) is 2.98. The third-order valence-corrected chi connectivity index (χ3v) is 7.81. The van der Waals surface area contributed by atoms with E-state index in [2.05, 4.69) is 15.0 Å². The van der Waals surface area contributed by atoms with Crippen molar-refractivity contribution in [2.45, 2.75) is 35.3 Å². The summed E-state index contributed by atoms with van der Waals surface area (Å²) >= 11 is 2.78. The average molecular weight is 450 g/mol. The van der Waals surface area contributed by atoms with Crippen LogP contribution in [-0.2, 0) is 14.8 Å². The molecule has 10 heteroatoms. The first kappa shape index (κ1) is 20.0. The number of hydrogen-bond acceptors (Lipinski definition) is 7. The van der Waals surface area contributed by atoms with E-state index in [1.54, 1.807) is 36.0 Å². The summed E-state index contributed by atoms with van der Waals surface area (Å²) in [4.78, 5) is 17.2. The maximum absolute atomic E-state index is 12.9. The molecule has 0 radical (unpaired) electrons. The van der Waals surface area contributed by atoms with E-state index in [1.165, 1.54) is 17.4 Å². The molecule has 3 aromatic rings. The number of thiazole rings is 1. The van der Waals surface area contributed by atoms with Gasteiger partial charge in [-0.1, -0.05) is 18.3 Å². The lowest BCUT2D eigenvalue weighted by molar-refractivity contribution is -0.116. The summed E-state index contributed by atoms with van der Waals surface area (Å²) in [5.41, 5.74) is 1.20. The van der Waals surface area contributed by atoms with Crippen LogP contribution in [0.25, 0.3) is 10.2 Å². The molecule has 0 bridgehead atoms. The number of amides is 1. The molecule has 1 atom stereocenters. The Morgan fingerprint density at radius 2 is 2.10 bits per heavy atom. The number of ether oxygens (including phenoxy) is 1. The van der Waals surface area contributed by atoms with Gasteiger partial charge >= 0.3 is 0 Å². The number of nitrogens with zero attached hydrogens (tertiary/aromatic N) is 1. The van der Waals surface area contributed by atoms with Crippen LogP contribution < -0.4 is 14.8 Å². The number of hydrogen-bond donors (Lipinski definition) is 2. The van der Waals surface area contributed by atoms with Crippen molar-refractivity contribution < 1.29 is 17.9 Å². The third-order valence-electron chi connectivity index (χ3n) is 4.23. The van der Waals surface area contributed by atoms with Crippen LogP contribution in [0.2, 0.25) is 0 Å². The van der Waals surface area contributed by atoms with E-state index in [0.29, 0.717) is 30.0 Å². The largest absolute Gasteiger partial charge is 0.494 e. The van der Waals surface area contributed by atoms with Crippen LogP contribution in [0.3, 0.4) is 0 Å². The second-order valence-corrected chi connectivity index (χ2v) is 10.7. The standard InChI is InChI=1S/C19H19N3O4S3/c1-3-26-12-4-6-14-17(9-12)28-19(21-14)22-29(24,25)13-5-7-16-15(10-13)20-18(23)8-11(2)27-16/h4-7,9-11H,3,8H2,1-2H3,(H,20,23)(H,21,22)/t11-/m0/s1. The first-order chi connectivity index (χ1) is 13.8. The number of fused-ring (bicyclic) bond motifs is 2. The fraction of sp³-hybridized carbons (Fsp3) is 0.263. The Hall–Kier alpha value is -2.30. The van der Waals surface area contributed by atoms with Crippen molar-refractivity contribution >= 4 is 60.1 Å². The number of rotatable bonds is 5. The van der Waals surface area contributed by atoms with Crippen LogP contribution >= 0.6 is 23.1 Å². The number of benzene rings is 2. The molecule has 2 aromatic carbocycles. The number of aromatic nitrogens is 1. The SMILES string of the molecule is CCOc1ccc2nc(NS(=O)(=O)c3ccc4c(c3)NC(=O)C[C@H](C)S4)sc2c1. The molecule has 0 spiro atoms. The van der Waals surface area contributed by atoms with E-state index in [4.69, 9.17) is 4.74 Å². The van der Waals surface area contributed by atoms with Crippen molar-refractivity contribution in [1.82, 2.24) is 4.98 Å². The fourth-order valence-corrected chi connectivity index (χ4v) is 6.18. The minimum Gasteiger partial charge on any atom is -0.494 e. The zero-order valence-corrected chi connectivity index (χ0v) is 18.2. The zero-order chi connectivity index (χ0) is 20.6. The van der Waals surface area contributed by atoms with Crippen LogP contribution in [0, 0.1) is 0 Å². The van der Waals surface area contributed by atoms with E-state index in [0.717, 1.165) is 9.60 Å². The molecule has 0 unspecified atom stereocenters. The lowest BCUT2D eigenvalue weighted by Gasteiger charge is -2.10. The summed E-state index contributed by atoms with van der Waals surface area (Å²) in [5.74, 6) is 0.591. The molecule has 2 heterocycles. The number of sulfonamides is 1. The van der Waals surface area contributed by atoms with Crippen molar-refractivity contribution in [2.75, 3.05) is 16.6 Å². The Balaban J connectivity index is 1.62. The highest BCUT2D eigenvalue weighted by Gasteiger charge is 2.23. The van der Waals surface area contributed by atoms with Gasteiger partial charge in [-0.15, -0.1) is 11.8 Å². The van der Waals surface area contributed by atoms with E-state index in [9.17, 15) is 13.2 Å². The summed E-state index contributed by atoms with van der Waals surface area (Å²) in [6.07, 6.45) is 0.384.